The molecule has 6 nitrogen and oxygen atoms in total. The van der Waals surface area contributed by atoms with E-state index in [1.165, 1.54) is 225 Å². The van der Waals surface area contributed by atoms with Gasteiger partial charge < -0.3 is 14.2 Å². The molecule has 0 aliphatic heterocycles. The molecule has 0 saturated carbocycles. The van der Waals surface area contributed by atoms with E-state index < -0.39 is 6.10 Å². The van der Waals surface area contributed by atoms with Crippen LogP contribution < -0.4 is 0 Å². The summed E-state index contributed by atoms with van der Waals surface area (Å²) in [6.07, 6.45) is 56.6. The van der Waals surface area contributed by atoms with Crippen LogP contribution in [0.15, 0.2) is 0 Å². The highest BCUT2D eigenvalue weighted by molar-refractivity contribution is 5.71. The minimum absolute atomic E-state index is 0.0623. The van der Waals surface area contributed by atoms with Gasteiger partial charge in [0.2, 0.25) is 0 Å². The summed E-state index contributed by atoms with van der Waals surface area (Å²) in [6, 6.07) is 0. The lowest BCUT2D eigenvalue weighted by Gasteiger charge is -2.18. The van der Waals surface area contributed by atoms with Gasteiger partial charge in [0.15, 0.2) is 6.10 Å². The fourth-order valence-corrected chi connectivity index (χ4v) is 8.89. The van der Waals surface area contributed by atoms with Crippen LogP contribution in [0.2, 0.25) is 0 Å². The molecule has 0 bridgehead atoms. The molecular formula is C58H112O6. The highest BCUT2D eigenvalue weighted by Crippen LogP contribution is 2.18. The van der Waals surface area contributed by atoms with E-state index in [1.807, 2.05) is 0 Å². The number of ether oxygens (including phenoxy) is 3. The van der Waals surface area contributed by atoms with Crippen molar-refractivity contribution in [2.45, 2.75) is 336 Å². The number of carbonyl (C=O) groups is 3. The highest BCUT2D eigenvalue weighted by atomic mass is 16.6. The Kier molecular flexibility index (Phi) is 51.1. The van der Waals surface area contributed by atoms with Crippen LogP contribution in [0.1, 0.15) is 329 Å². The number of hydrogen-bond acceptors (Lipinski definition) is 6. The second-order valence-corrected chi connectivity index (χ2v) is 20.2. The Hall–Kier alpha value is -1.59. The molecule has 0 fully saturated rings. The second-order valence-electron chi connectivity index (χ2n) is 20.2. The maximum absolute atomic E-state index is 12.8. The number of hydrogen-bond donors (Lipinski definition) is 0. The van der Waals surface area contributed by atoms with Crippen LogP contribution in [0.25, 0.3) is 0 Å². The minimum atomic E-state index is -0.762. The second kappa shape index (κ2) is 52.4. The lowest BCUT2D eigenvalue weighted by molar-refractivity contribution is -0.167. The van der Waals surface area contributed by atoms with Gasteiger partial charge in [-0.05, 0) is 25.2 Å². The predicted molar refractivity (Wildman–Crippen MR) is 275 cm³/mol. The summed E-state index contributed by atoms with van der Waals surface area (Å²) in [4.78, 5) is 38.1. The third-order valence-electron chi connectivity index (χ3n) is 13.7. The van der Waals surface area contributed by atoms with Gasteiger partial charge in [0.05, 0.1) is 0 Å². The molecule has 0 aromatic carbocycles. The van der Waals surface area contributed by atoms with E-state index in [2.05, 4.69) is 27.7 Å². The molecular weight excluding hydrogens is 793 g/mol. The zero-order chi connectivity index (χ0) is 46.7. The normalized spacial score (nSPS) is 12.4. The predicted octanol–water partition coefficient (Wildman–Crippen LogP) is 19.0. The molecule has 0 saturated heterocycles. The van der Waals surface area contributed by atoms with E-state index in [0.29, 0.717) is 19.3 Å². The van der Waals surface area contributed by atoms with Gasteiger partial charge in [0, 0.05) is 19.3 Å². The van der Waals surface area contributed by atoms with Gasteiger partial charge in [-0.25, -0.2) is 0 Å². The molecule has 2 atom stereocenters. The molecule has 0 aliphatic rings. The molecule has 0 aromatic rings. The smallest absolute Gasteiger partial charge is 0.306 e. The zero-order valence-corrected chi connectivity index (χ0v) is 43.8. The monoisotopic (exact) mass is 905 g/mol. The van der Waals surface area contributed by atoms with Crippen LogP contribution >= 0.6 is 0 Å². The fourth-order valence-electron chi connectivity index (χ4n) is 8.89. The molecule has 0 heterocycles. The van der Waals surface area contributed by atoms with Crippen LogP contribution in [-0.4, -0.2) is 37.2 Å². The number of esters is 3. The van der Waals surface area contributed by atoms with E-state index in [4.69, 9.17) is 14.2 Å². The van der Waals surface area contributed by atoms with Gasteiger partial charge in [0.1, 0.15) is 13.2 Å². The first kappa shape index (κ1) is 62.4. The maximum Gasteiger partial charge on any atom is 0.306 e. The summed E-state index contributed by atoms with van der Waals surface area (Å²) in [7, 11) is 0. The Bertz CT molecular complexity index is 966. The Labute approximate surface area is 399 Å². The molecule has 0 spiro atoms. The van der Waals surface area contributed by atoms with Crippen LogP contribution in [0.3, 0.4) is 0 Å². The van der Waals surface area contributed by atoms with E-state index in [1.54, 1.807) is 0 Å². The van der Waals surface area contributed by atoms with Crippen molar-refractivity contribution in [3.63, 3.8) is 0 Å². The molecule has 0 N–H and O–H groups in total. The summed E-state index contributed by atoms with van der Waals surface area (Å²) in [5.41, 5.74) is 0. The molecule has 380 valence electrons. The van der Waals surface area contributed by atoms with Crippen molar-refractivity contribution in [3.8, 4) is 0 Å². The van der Waals surface area contributed by atoms with Crippen molar-refractivity contribution in [1.82, 2.24) is 0 Å². The van der Waals surface area contributed by atoms with Crippen molar-refractivity contribution >= 4 is 17.9 Å². The van der Waals surface area contributed by atoms with Crippen molar-refractivity contribution in [2.75, 3.05) is 13.2 Å². The van der Waals surface area contributed by atoms with Crippen LogP contribution in [0, 0.1) is 5.92 Å². The third kappa shape index (κ3) is 49.8. The summed E-state index contributed by atoms with van der Waals surface area (Å²) in [5.74, 6) is 0.00976. The summed E-state index contributed by atoms with van der Waals surface area (Å²) in [6.45, 7) is 9.06. The topological polar surface area (TPSA) is 78.9 Å². The van der Waals surface area contributed by atoms with Gasteiger partial charge in [0.25, 0.3) is 0 Å². The average molecular weight is 906 g/mol. The number of carbonyl (C=O) groups excluding carboxylic acids is 3. The van der Waals surface area contributed by atoms with Gasteiger partial charge in [-0.1, -0.05) is 291 Å². The quantitative estimate of drug-likeness (QED) is 0.0344. The van der Waals surface area contributed by atoms with E-state index >= 15 is 0 Å². The van der Waals surface area contributed by atoms with Crippen molar-refractivity contribution in [2.24, 2.45) is 5.92 Å². The molecule has 64 heavy (non-hydrogen) atoms. The molecule has 0 radical (unpaired) electrons. The lowest BCUT2D eigenvalue weighted by Crippen LogP contribution is -2.30. The summed E-state index contributed by atoms with van der Waals surface area (Å²) < 4.78 is 16.9. The number of rotatable bonds is 53. The third-order valence-corrected chi connectivity index (χ3v) is 13.7. The summed E-state index contributed by atoms with van der Waals surface area (Å²) in [5, 5.41) is 0. The van der Waals surface area contributed by atoms with Gasteiger partial charge in [-0.15, -0.1) is 0 Å². The standard InChI is InChI=1S/C58H112O6/c1-5-8-10-12-14-16-18-20-22-23-24-25-27-28-30-32-37-41-45-49-56(59)62-52-55(53-63-57(60)50-46-42-38-35-34-36-40-44-48-54(4)7-3)64-58(61)51-47-43-39-33-31-29-26-21-19-17-15-13-11-9-6-2/h54-55H,5-53H2,1-4H3/t54?,55-/m0/s1. The first-order chi connectivity index (χ1) is 31.4. The van der Waals surface area contributed by atoms with E-state index in [-0.39, 0.29) is 31.1 Å². The Morgan fingerprint density at radius 2 is 0.547 bits per heavy atom. The fraction of sp³-hybridized carbons (Fsp3) is 0.948. The van der Waals surface area contributed by atoms with E-state index in [9.17, 15) is 14.4 Å². The first-order valence-electron chi connectivity index (χ1n) is 28.9. The van der Waals surface area contributed by atoms with Crippen molar-refractivity contribution in [3.05, 3.63) is 0 Å². The Balaban J connectivity index is 4.26. The molecule has 0 aromatic heterocycles. The Morgan fingerprint density at radius 3 is 0.812 bits per heavy atom. The molecule has 0 amide bonds. The highest BCUT2D eigenvalue weighted by Gasteiger charge is 2.19. The van der Waals surface area contributed by atoms with Gasteiger partial charge >= 0.3 is 17.9 Å². The minimum Gasteiger partial charge on any atom is -0.462 e. The van der Waals surface area contributed by atoms with Crippen LogP contribution in [-0.2, 0) is 28.6 Å². The molecule has 0 aliphatic carbocycles. The SMILES string of the molecule is CCCCCCCCCCCCCCCCCCCCCC(=O)OC[C@@H](COC(=O)CCCCCCCCCCC(C)CC)OC(=O)CCCCCCCCCCCCCCCCC. The molecule has 6 heteroatoms. The zero-order valence-electron chi connectivity index (χ0n) is 43.8. The van der Waals surface area contributed by atoms with Crippen LogP contribution in [0.5, 0.6) is 0 Å². The van der Waals surface area contributed by atoms with Crippen molar-refractivity contribution in [1.29, 1.82) is 0 Å². The maximum atomic E-state index is 12.8. The van der Waals surface area contributed by atoms with Crippen LogP contribution in [0.4, 0.5) is 0 Å². The average Bonchev–Trinajstić information content (AvgIpc) is 3.29. The molecule has 1 unspecified atom stereocenters. The largest absolute Gasteiger partial charge is 0.462 e. The molecule has 0 rings (SSSR count). The van der Waals surface area contributed by atoms with Crippen molar-refractivity contribution < 1.29 is 28.6 Å². The Morgan fingerprint density at radius 1 is 0.312 bits per heavy atom. The summed E-state index contributed by atoms with van der Waals surface area (Å²) >= 11 is 0. The lowest BCUT2D eigenvalue weighted by atomic mass is 9.99. The number of unbranched alkanes of at least 4 members (excludes halogenated alkanes) is 39. The van der Waals surface area contributed by atoms with E-state index in [0.717, 1.165) is 63.7 Å². The van der Waals surface area contributed by atoms with Gasteiger partial charge in [-0.2, -0.15) is 0 Å². The van der Waals surface area contributed by atoms with Gasteiger partial charge in [-0.3, -0.25) is 14.4 Å². The first-order valence-corrected chi connectivity index (χ1v) is 28.9.